The number of hydrogen-bond donors (Lipinski definition) is 2. The van der Waals surface area contributed by atoms with Crippen LogP contribution in [0.3, 0.4) is 0 Å². The number of halogens is 1. The molecule has 0 bridgehead atoms. The molecule has 1 fully saturated rings. The van der Waals surface area contributed by atoms with Gasteiger partial charge in [0, 0.05) is 31.9 Å². The Morgan fingerprint density at radius 1 is 1.12 bits per heavy atom. The number of anilines is 3. The zero-order valence-corrected chi connectivity index (χ0v) is 15.5. The van der Waals surface area contributed by atoms with Crippen LogP contribution in [-0.2, 0) is 0 Å². The summed E-state index contributed by atoms with van der Waals surface area (Å²) in [5.41, 5.74) is 1.07. The molecule has 0 unspecified atom stereocenters. The molecule has 3 rings (SSSR count). The van der Waals surface area contributed by atoms with Crippen molar-refractivity contribution < 1.29 is 9.53 Å². The SMILES string of the molecule is COc1ccc(NC(=O)Nc2cnc(N3CCN(C)CC3)nc2)cc1Cl. The number of nitrogens with zero attached hydrogens (tertiary/aromatic N) is 4. The number of hydrogen-bond acceptors (Lipinski definition) is 6. The third-order valence-electron chi connectivity index (χ3n) is 4.09. The van der Waals surface area contributed by atoms with Crippen molar-refractivity contribution in [2.75, 3.05) is 55.9 Å². The van der Waals surface area contributed by atoms with E-state index in [1.54, 1.807) is 30.6 Å². The summed E-state index contributed by atoms with van der Waals surface area (Å²) in [6.07, 6.45) is 3.20. The van der Waals surface area contributed by atoms with Gasteiger partial charge in [0.05, 0.1) is 30.2 Å². The maximum atomic E-state index is 12.1. The van der Waals surface area contributed by atoms with Crippen molar-refractivity contribution in [2.45, 2.75) is 0 Å². The highest BCUT2D eigenvalue weighted by molar-refractivity contribution is 6.32. The molecule has 0 radical (unpaired) electrons. The molecule has 26 heavy (non-hydrogen) atoms. The van der Waals surface area contributed by atoms with Crippen LogP contribution < -0.4 is 20.3 Å². The number of benzene rings is 1. The Morgan fingerprint density at radius 2 is 1.77 bits per heavy atom. The summed E-state index contributed by atoms with van der Waals surface area (Å²) in [5.74, 6) is 1.22. The van der Waals surface area contributed by atoms with Gasteiger partial charge in [0.15, 0.2) is 0 Å². The zero-order valence-electron chi connectivity index (χ0n) is 14.7. The molecule has 1 aliphatic heterocycles. The van der Waals surface area contributed by atoms with Gasteiger partial charge in [0.2, 0.25) is 5.95 Å². The molecule has 2 N–H and O–H groups in total. The number of rotatable bonds is 4. The van der Waals surface area contributed by atoms with Crippen LogP contribution in [0.1, 0.15) is 0 Å². The van der Waals surface area contributed by atoms with Crippen LogP contribution in [0.25, 0.3) is 0 Å². The minimum absolute atomic E-state index is 0.401. The van der Waals surface area contributed by atoms with Crippen molar-refractivity contribution in [2.24, 2.45) is 0 Å². The molecule has 1 saturated heterocycles. The normalized spacial score (nSPS) is 14.8. The zero-order chi connectivity index (χ0) is 18.5. The third kappa shape index (κ3) is 4.53. The second-order valence-electron chi connectivity index (χ2n) is 5.99. The standard InChI is InChI=1S/C17H21ClN6O2/c1-23-5-7-24(8-6-23)16-19-10-13(11-20-16)22-17(25)21-12-3-4-15(26-2)14(18)9-12/h3-4,9-11H,5-8H2,1-2H3,(H2,21,22,25). The summed E-state index contributed by atoms with van der Waals surface area (Å²) in [6, 6.07) is 4.61. The van der Waals surface area contributed by atoms with Gasteiger partial charge in [0.1, 0.15) is 5.75 Å². The Hall–Kier alpha value is -2.58. The number of piperazine rings is 1. The highest BCUT2D eigenvalue weighted by Crippen LogP contribution is 2.27. The third-order valence-corrected chi connectivity index (χ3v) is 4.39. The first-order chi connectivity index (χ1) is 12.5. The maximum Gasteiger partial charge on any atom is 0.323 e. The second kappa shape index (κ2) is 8.20. The molecule has 0 aliphatic carbocycles. The van der Waals surface area contributed by atoms with E-state index in [2.05, 4.69) is 37.4 Å². The Morgan fingerprint density at radius 3 is 2.38 bits per heavy atom. The highest BCUT2D eigenvalue weighted by atomic mass is 35.5. The van der Waals surface area contributed by atoms with E-state index in [-0.39, 0.29) is 0 Å². The predicted octanol–water partition coefficient (Wildman–Crippen LogP) is 2.53. The van der Waals surface area contributed by atoms with Crippen LogP contribution in [-0.4, -0.2) is 61.2 Å². The molecule has 0 saturated carbocycles. The molecule has 1 aliphatic rings. The fourth-order valence-electron chi connectivity index (χ4n) is 2.59. The molecule has 2 heterocycles. The van der Waals surface area contributed by atoms with Crippen LogP contribution in [0.4, 0.5) is 22.1 Å². The van der Waals surface area contributed by atoms with E-state index in [4.69, 9.17) is 16.3 Å². The van der Waals surface area contributed by atoms with Gasteiger partial charge < -0.3 is 25.2 Å². The van der Waals surface area contributed by atoms with Crippen LogP contribution in [0.15, 0.2) is 30.6 Å². The van der Waals surface area contributed by atoms with Crippen molar-refractivity contribution in [1.82, 2.24) is 14.9 Å². The molecule has 2 aromatic rings. The van der Waals surface area contributed by atoms with Gasteiger partial charge in [-0.05, 0) is 25.2 Å². The van der Waals surface area contributed by atoms with E-state index in [0.29, 0.717) is 28.1 Å². The van der Waals surface area contributed by atoms with Crippen molar-refractivity contribution >= 4 is 35.0 Å². The number of ether oxygens (including phenoxy) is 1. The lowest BCUT2D eigenvalue weighted by atomic mass is 10.3. The monoisotopic (exact) mass is 376 g/mol. The molecule has 1 aromatic carbocycles. The number of methoxy groups -OCH3 is 1. The van der Waals surface area contributed by atoms with E-state index >= 15 is 0 Å². The van der Waals surface area contributed by atoms with Gasteiger partial charge >= 0.3 is 6.03 Å². The molecule has 8 nitrogen and oxygen atoms in total. The summed E-state index contributed by atoms with van der Waals surface area (Å²) < 4.78 is 5.08. The van der Waals surface area contributed by atoms with Crippen molar-refractivity contribution in [3.05, 3.63) is 35.6 Å². The van der Waals surface area contributed by atoms with E-state index in [9.17, 15) is 4.79 Å². The lowest BCUT2D eigenvalue weighted by Gasteiger charge is -2.32. The number of amides is 2. The topological polar surface area (TPSA) is 82.6 Å². The van der Waals surface area contributed by atoms with E-state index < -0.39 is 6.03 Å². The fraction of sp³-hybridized carbons (Fsp3) is 0.353. The number of carbonyl (C=O) groups is 1. The Bertz CT molecular complexity index is 762. The number of nitrogens with one attached hydrogen (secondary N) is 2. The first kappa shape index (κ1) is 18.2. The summed E-state index contributed by atoms with van der Waals surface area (Å²) in [7, 11) is 3.63. The highest BCUT2D eigenvalue weighted by Gasteiger charge is 2.16. The number of carbonyl (C=O) groups excluding carboxylic acids is 1. The average Bonchev–Trinajstić information content (AvgIpc) is 2.63. The van der Waals surface area contributed by atoms with Crippen LogP contribution in [0.2, 0.25) is 5.02 Å². The minimum Gasteiger partial charge on any atom is -0.495 e. The Labute approximate surface area is 157 Å². The number of likely N-dealkylation sites (N-methyl/N-ethyl adjacent to an activating group) is 1. The predicted molar refractivity (Wildman–Crippen MR) is 102 cm³/mol. The second-order valence-corrected chi connectivity index (χ2v) is 6.40. The molecule has 9 heteroatoms. The molecular weight excluding hydrogens is 356 g/mol. The van der Waals surface area contributed by atoms with E-state index in [0.717, 1.165) is 26.2 Å². The van der Waals surface area contributed by atoms with E-state index in [1.165, 1.54) is 7.11 Å². The molecule has 1 aromatic heterocycles. The maximum absolute atomic E-state index is 12.1. The quantitative estimate of drug-likeness (QED) is 0.853. The summed E-state index contributed by atoms with van der Waals surface area (Å²) in [6.45, 7) is 3.75. The minimum atomic E-state index is -0.401. The Balaban J connectivity index is 1.56. The number of urea groups is 1. The van der Waals surface area contributed by atoms with Crippen molar-refractivity contribution in [3.63, 3.8) is 0 Å². The summed E-state index contributed by atoms with van der Waals surface area (Å²) in [4.78, 5) is 25.2. The van der Waals surface area contributed by atoms with Gasteiger partial charge in [-0.2, -0.15) is 0 Å². The smallest absolute Gasteiger partial charge is 0.323 e. The molecule has 138 valence electrons. The molecule has 2 amide bonds. The molecular formula is C17H21ClN6O2. The van der Waals surface area contributed by atoms with Crippen LogP contribution in [0.5, 0.6) is 5.75 Å². The Kier molecular flexibility index (Phi) is 5.75. The van der Waals surface area contributed by atoms with Gasteiger partial charge in [0.25, 0.3) is 0 Å². The van der Waals surface area contributed by atoms with Gasteiger partial charge in [-0.1, -0.05) is 11.6 Å². The lowest BCUT2D eigenvalue weighted by Crippen LogP contribution is -2.45. The largest absolute Gasteiger partial charge is 0.495 e. The molecule has 0 spiro atoms. The number of aromatic nitrogens is 2. The van der Waals surface area contributed by atoms with Crippen molar-refractivity contribution in [1.29, 1.82) is 0 Å². The summed E-state index contributed by atoms with van der Waals surface area (Å²) >= 11 is 6.05. The summed E-state index contributed by atoms with van der Waals surface area (Å²) in [5, 5.41) is 5.82. The fourth-order valence-corrected chi connectivity index (χ4v) is 2.85. The van der Waals surface area contributed by atoms with Gasteiger partial charge in [-0.3, -0.25) is 0 Å². The van der Waals surface area contributed by atoms with Gasteiger partial charge in [-0.15, -0.1) is 0 Å². The van der Waals surface area contributed by atoms with Crippen molar-refractivity contribution in [3.8, 4) is 5.75 Å². The first-order valence-electron chi connectivity index (χ1n) is 8.22. The van der Waals surface area contributed by atoms with E-state index in [1.807, 2.05) is 0 Å². The first-order valence-corrected chi connectivity index (χ1v) is 8.60. The average molecular weight is 377 g/mol. The molecule has 0 atom stereocenters. The van der Waals surface area contributed by atoms with Gasteiger partial charge in [-0.25, -0.2) is 14.8 Å². The van der Waals surface area contributed by atoms with Crippen LogP contribution in [0, 0.1) is 0 Å². The van der Waals surface area contributed by atoms with Crippen LogP contribution >= 0.6 is 11.6 Å². The lowest BCUT2D eigenvalue weighted by molar-refractivity contribution is 0.262.